The molecule has 0 radical (unpaired) electrons. The van der Waals surface area contributed by atoms with Gasteiger partial charge in [0.25, 0.3) is 0 Å². The van der Waals surface area contributed by atoms with Gasteiger partial charge >= 0.3 is 0 Å². The number of nitrogens with one attached hydrogen (secondary N) is 1. The van der Waals surface area contributed by atoms with E-state index in [4.69, 9.17) is 10.00 Å². The fourth-order valence-electron chi connectivity index (χ4n) is 4.48. The van der Waals surface area contributed by atoms with Crippen LogP contribution in [-0.4, -0.2) is 44.1 Å². The zero-order chi connectivity index (χ0) is 24.5. The number of para-hydroxylation sites is 1. The van der Waals surface area contributed by atoms with Crippen molar-refractivity contribution in [3.63, 3.8) is 0 Å². The molecule has 0 bridgehead atoms. The van der Waals surface area contributed by atoms with Gasteiger partial charge in [0.05, 0.1) is 18.7 Å². The smallest absolute Gasteiger partial charge is 0.223 e. The van der Waals surface area contributed by atoms with Crippen LogP contribution in [-0.2, 0) is 11.3 Å². The minimum Gasteiger partial charge on any atom is -0.497 e. The summed E-state index contributed by atoms with van der Waals surface area (Å²) >= 11 is 0. The average molecular weight is 469 g/mol. The van der Waals surface area contributed by atoms with Gasteiger partial charge in [0.1, 0.15) is 5.75 Å². The molecule has 1 fully saturated rings. The first-order valence-corrected chi connectivity index (χ1v) is 12.1. The molecule has 1 amide bonds. The van der Waals surface area contributed by atoms with Crippen molar-refractivity contribution in [3.05, 3.63) is 90.0 Å². The van der Waals surface area contributed by atoms with E-state index < -0.39 is 0 Å². The molecule has 0 saturated carbocycles. The first kappa shape index (κ1) is 24.3. The maximum absolute atomic E-state index is 12.7. The first-order valence-electron chi connectivity index (χ1n) is 12.1. The Morgan fingerprint density at radius 2 is 1.74 bits per heavy atom. The quantitative estimate of drug-likeness (QED) is 0.492. The number of anilines is 2. The molecule has 0 aromatic heterocycles. The number of nitriles is 1. The van der Waals surface area contributed by atoms with E-state index in [1.165, 1.54) is 0 Å². The number of carbonyl (C=O) groups excluding carboxylic acids is 1. The number of piperidine rings is 1. The minimum atomic E-state index is 0.0493. The third-order valence-electron chi connectivity index (χ3n) is 6.58. The summed E-state index contributed by atoms with van der Waals surface area (Å²) in [5.41, 5.74) is 3.89. The highest BCUT2D eigenvalue weighted by molar-refractivity contribution is 5.78. The number of ether oxygens (including phenoxy) is 1. The Balaban J connectivity index is 1.29. The van der Waals surface area contributed by atoms with Crippen molar-refractivity contribution in [1.29, 1.82) is 5.26 Å². The Morgan fingerprint density at radius 3 is 2.43 bits per heavy atom. The lowest BCUT2D eigenvalue weighted by atomic mass is 9.95. The molecule has 6 heteroatoms. The summed E-state index contributed by atoms with van der Waals surface area (Å²) in [7, 11) is 1.69. The van der Waals surface area contributed by atoms with E-state index >= 15 is 0 Å². The predicted molar refractivity (Wildman–Crippen MR) is 139 cm³/mol. The van der Waals surface area contributed by atoms with Gasteiger partial charge in [-0.05, 0) is 67.9 Å². The molecule has 4 rings (SSSR count). The first-order chi connectivity index (χ1) is 17.2. The van der Waals surface area contributed by atoms with E-state index in [0.29, 0.717) is 12.1 Å². The number of rotatable bonds is 9. The van der Waals surface area contributed by atoms with Crippen LogP contribution >= 0.6 is 0 Å². The Morgan fingerprint density at radius 1 is 1.03 bits per heavy atom. The molecule has 3 aromatic carbocycles. The van der Waals surface area contributed by atoms with Crippen molar-refractivity contribution >= 4 is 17.3 Å². The zero-order valence-electron chi connectivity index (χ0n) is 20.2. The molecule has 1 heterocycles. The van der Waals surface area contributed by atoms with Gasteiger partial charge < -0.3 is 19.9 Å². The van der Waals surface area contributed by atoms with E-state index in [-0.39, 0.29) is 11.8 Å². The highest BCUT2D eigenvalue weighted by atomic mass is 16.5. The Hall–Kier alpha value is -3.82. The van der Waals surface area contributed by atoms with Crippen LogP contribution in [0.3, 0.4) is 0 Å². The van der Waals surface area contributed by atoms with Gasteiger partial charge in [-0.15, -0.1) is 0 Å². The van der Waals surface area contributed by atoms with E-state index in [0.717, 1.165) is 61.7 Å². The molecular weight excluding hydrogens is 436 g/mol. The maximum atomic E-state index is 12.7. The molecular formula is C29H32N4O2. The van der Waals surface area contributed by atoms with Crippen molar-refractivity contribution in [1.82, 2.24) is 10.2 Å². The molecule has 1 N–H and O–H groups in total. The van der Waals surface area contributed by atoms with Crippen molar-refractivity contribution in [2.45, 2.75) is 19.4 Å². The highest BCUT2D eigenvalue weighted by Crippen LogP contribution is 2.28. The van der Waals surface area contributed by atoms with Crippen LogP contribution in [0.1, 0.15) is 24.0 Å². The SMILES string of the molecule is COc1cccc(N(CCN2CCC(C(=O)NCc3ccc(C#N)cc3)CC2)c2ccccc2)c1. The second-order valence-corrected chi connectivity index (χ2v) is 8.83. The van der Waals surface area contributed by atoms with Crippen LogP contribution in [0, 0.1) is 17.2 Å². The second kappa shape index (κ2) is 12.0. The summed E-state index contributed by atoms with van der Waals surface area (Å²) in [4.78, 5) is 17.5. The molecule has 3 aromatic rings. The monoisotopic (exact) mass is 468 g/mol. The normalized spacial score (nSPS) is 14.2. The fraction of sp³-hybridized carbons (Fsp3) is 0.310. The molecule has 0 aliphatic carbocycles. The standard InChI is InChI=1S/C29H32N4O2/c1-35-28-9-5-8-27(20-28)33(26-6-3-2-4-7-26)19-18-32-16-14-25(15-17-32)29(34)31-22-24-12-10-23(21-30)11-13-24/h2-13,20,25H,14-19,22H2,1H3,(H,31,34). The summed E-state index contributed by atoms with van der Waals surface area (Å²) in [6, 6.07) is 28.0. The second-order valence-electron chi connectivity index (χ2n) is 8.83. The average Bonchev–Trinajstić information content (AvgIpc) is 2.93. The number of amides is 1. The maximum Gasteiger partial charge on any atom is 0.223 e. The Labute approximate surface area is 207 Å². The summed E-state index contributed by atoms with van der Waals surface area (Å²) in [5, 5.41) is 12.0. The summed E-state index contributed by atoms with van der Waals surface area (Å²) in [6.07, 6.45) is 1.73. The van der Waals surface area contributed by atoms with Crippen molar-refractivity contribution < 1.29 is 9.53 Å². The van der Waals surface area contributed by atoms with Gasteiger partial charge in [0.2, 0.25) is 5.91 Å². The van der Waals surface area contributed by atoms with Crippen LogP contribution in [0.5, 0.6) is 5.75 Å². The van der Waals surface area contributed by atoms with Gasteiger partial charge in [-0.3, -0.25) is 4.79 Å². The molecule has 0 unspecified atom stereocenters. The van der Waals surface area contributed by atoms with E-state index in [2.05, 4.69) is 57.6 Å². The molecule has 1 aliphatic heterocycles. The number of likely N-dealkylation sites (tertiary alicyclic amines) is 1. The topological polar surface area (TPSA) is 68.6 Å². The number of hydrogen-bond donors (Lipinski definition) is 1. The van der Waals surface area contributed by atoms with Crippen molar-refractivity contribution in [3.8, 4) is 11.8 Å². The Kier molecular flexibility index (Phi) is 8.37. The van der Waals surface area contributed by atoms with Crippen LogP contribution < -0.4 is 15.0 Å². The van der Waals surface area contributed by atoms with Crippen molar-refractivity contribution in [2.75, 3.05) is 38.2 Å². The molecule has 0 atom stereocenters. The van der Waals surface area contributed by atoms with E-state index in [1.54, 1.807) is 19.2 Å². The molecule has 1 aliphatic rings. The highest BCUT2D eigenvalue weighted by Gasteiger charge is 2.25. The number of benzene rings is 3. The largest absolute Gasteiger partial charge is 0.497 e. The fourth-order valence-corrected chi connectivity index (χ4v) is 4.48. The number of carbonyl (C=O) groups is 1. The van der Waals surface area contributed by atoms with Gasteiger partial charge in [0.15, 0.2) is 0 Å². The third kappa shape index (κ3) is 6.62. The molecule has 6 nitrogen and oxygen atoms in total. The van der Waals surface area contributed by atoms with Gasteiger partial charge in [-0.1, -0.05) is 36.4 Å². The summed E-state index contributed by atoms with van der Waals surface area (Å²) in [5.74, 6) is 1.01. The molecule has 35 heavy (non-hydrogen) atoms. The number of methoxy groups -OCH3 is 1. The van der Waals surface area contributed by atoms with Crippen LogP contribution in [0.4, 0.5) is 11.4 Å². The molecule has 180 valence electrons. The number of hydrogen-bond acceptors (Lipinski definition) is 5. The van der Waals surface area contributed by atoms with Crippen molar-refractivity contribution in [2.24, 2.45) is 5.92 Å². The van der Waals surface area contributed by atoms with E-state index in [9.17, 15) is 4.79 Å². The predicted octanol–water partition coefficient (Wildman–Crippen LogP) is 4.73. The molecule has 0 spiro atoms. The van der Waals surface area contributed by atoms with Gasteiger partial charge in [-0.25, -0.2) is 0 Å². The Bertz CT molecular complexity index is 1130. The van der Waals surface area contributed by atoms with Crippen LogP contribution in [0.15, 0.2) is 78.9 Å². The van der Waals surface area contributed by atoms with E-state index in [1.807, 2.05) is 30.3 Å². The number of nitrogens with zero attached hydrogens (tertiary/aromatic N) is 3. The lowest BCUT2D eigenvalue weighted by Gasteiger charge is -2.34. The lowest BCUT2D eigenvalue weighted by Crippen LogP contribution is -2.42. The summed E-state index contributed by atoms with van der Waals surface area (Å²) in [6.45, 7) is 4.10. The third-order valence-corrected chi connectivity index (χ3v) is 6.58. The van der Waals surface area contributed by atoms with Gasteiger partial charge in [-0.2, -0.15) is 5.26 Å². The summed E-state index contributed by atoms with van der Waals surface area (Å²) < 4.78 is 5.44. The zero-order valence-corrected chi connectivity index (χ0v) is 20.2. The lowest BCUT2D eigenvalue weighted by molar-refractivity contribution is -0.126. The van der Waals surface area contributed by atoms with Gasteiger partial charge in [0, 0.05) is 43.0 Å². The van der Waals surface area contributed by atoms with Crippen LogP contribution in [0.2, 0.25) is 0 Å². The molecule has 1 saturated heterocycles. The van der Waals surface area contributed by atoms with Crippen LogP contribution in [0.25, 0.3) is 0 Å². The minimum absolute atomic E-state index is 0.0493.